The fourth-order valence-corrected chi connectivity index (χ4v) is 1.49. The van der Waals surface area contributed by atoms with E-state index < -0.39 is 0 Å². The van der Waals surface area contributed by atoms with Crippen LogP contribution in [0.5, 0.6) is 5.75 Å². The zero-order valence-corrected chi connectivity index (χ0v) is 8.21. The molecule has 0 aliphatic carbocycles. The molecule has 0 aromatic heterocycles. The quantitative estimate of drug-likeness (QED) is 0.835. The van der Waals surface area contributed by atoms with Crippen LogP contribution >= 0.6 is 15.9 Å². The lowest BCUT2D eigenvalue weighted by Gasteiger charge is -2.03. The summed E-state index contributed by atoms with van der Waals surface area (Å²) in [5.74, 6) is 0.255. The second-order valence-corrected chi connectivity index (χ2v) is 3.37. The molecule has 0 unspecified atom stereocenters. The Kier molecular flexibility index (Phi) is 3.56. The average molecular weight is 231 g/mol. The van der Waals surface area contributed by atoms with Crippen LogP contribution in [0.25, 0.3) is 0 Å². The average Bonchev–Trinajstić information content (AvgIpc) is 2.08. The molecule has 0 heterocycles. The van der Waals surface area contributed by atoms with Gasteiger partial charge in [-0.2, -0.15) is 0 Å². The van der Waals surface area contributed by atoms with E-state index >= 15 is 0 Å². The maximum Gasteiger partial charge on any atom is 0.130 e. The molecule has 1 aromatic rings. The van der Waals surface area contributed by atoms with E-state index in [0.717, 1.165) is 22.9 Å². The number of aryl methyl sites for hydroxylation is 1. The van der Waals surface area contributed by atoms with Gasteiger partial charge in [-0.25, -0.2) is 0 Å². The molecule has 0 fully saturated rings. The fourth-order valence-electron chi connectivity index (χ4n) is 1.03. The third-order valence-electron chi connectivity index (χ3n) is 1.66. The van der Waals surface area contributed by atoms with Gasteiger partial charge in [0.05, 0.1) is 4.47 Å². The Hall–Kier alpha value is -0.540. The third-order valence-corrected chi connectivity index (χ3v) is 2.58. The van der Waals surface area contributed by atoms with E-state index in [9.17, 15) is 5.11 Å². The Balaban J connectivity index is 2.78. The molecule has 12 heavy (non-hydrogen) atoms. The van der Waals surface area contributed by atoms with Crippen LogP contribution in [0.15, 0.2) is 22.7 Å². The zero-order chi connectivity index (χ0) is 8.97. The molecule has 0 atom stereocenters. The van der Waals surface area contributed by atoms with Gasteiger partial charge >= 0.3 is 0 Å². The second-order valence-electron chi connectivity index (χ2n) is 2.58. The molecule has 0 aliphatic rings. The van der Waals surface area contributed by atoms with E-state index in [1.165, 1.54) is 0 Å². The highest BCUT2D eigenvalue weighted by Crippen LogP contribution is 2.27. The van der Waals surface area contributed by atoms with Gasteiger partial charge in [0.2, 0.25) is 0 Å². The number of hydrogen-bond donors (Lipinski definition) is 2. The van der Waals surface area contributed by atoms with Crippen molar-refractivity contribution in [2.45, 2.75) is 12.8 Å². The third kappa shape index (κ3) is 2.22. The van der Waals surface area contributed by atoms with Crippen LogP contribution in [-0.4, -0.2) is 16.8 Å². The molecule has 0 spiro atoms. The summed E-state index contributed by atoms with van der Waals surface area (Å²) in [6.45, 7) is 0.183. The molecular formula is C9H11BrO2. The Morgan fingerprint density at radius 3 is 2.75 bits per heavy atom. The lowest BCUT2D eigenvalue weighted by molar-refractivity contribution is 0.288. The highest BCUT2D eigenvalue weighted by atomic mass is 79.9. The SMILES string of the molecule is OCCCc1cccc(O)c1Br. The molecule has 2 N–H and O–H groups in total. The molecule has 66 valence electrons. The molecule has 0 bridgehead atoms. The summed E-state index contributed by atoms with van der Waals surface area (Å²) in [5.41, 5.74) is 1.03. The Morgan fingerprint density at radius 2 is 2.08 bits per heavy atom. The normalized spacial score (nSPS) is 10.2. The van der Waals surface area contributed by atoms with Crippen LogP contribution in [-0.2, 0) is 6.42 Å². The molecule has 0 aliphatic heterocycles. The highest BCUT2D eigenvalue weighted by molar-refractivity contribution is 9.10. The van der Waals surface area contributed by atoms with Gasteiger partial charge < -0.3 is 10.2 Å². The minimum Gasteiger partial charge on any atom is -0.507 e. The Labute approximate surface area is 80.0 Å². The van der Waals surface area contributed by atoms with Gasteiger partial charge in [-0.15, -0.1) is 0 Å². The van der Waals surface area contributed by atoms with Crippen molar-refractivity contribution in [3.05, 3.63) is 28.2 Å². The number of rotatable bonds is 3. The van der Waals surface area contributed by atoms with Crippen molar-refractivity contribution in [2.24, 2.45) is 0 Å². The molecule has 0 amide bonds. The predicted molar refractivity (Wildman–Crippen MR) is 51.2 cm³/mol. The van der Waals surface area contributed by atoms with Gasteiger partial charge in [-0.05, 0) is 40.4 Å². The summed E-state index contributed by atoms with van der Waals surface area (Å²) in [6.07, 6.45) is 1.51. The lowest BCUT2D eigenvalue weighted by atomic mass is 10.1. The number of halogens is 1. The smallest absolute Gasteiger partial charge is 0.130 e. The Morgan fingerprint density at radius 1 is 1.33 bits per heavy atom. The molecule has 0 saturated carbocycles. The van der Waals surface area contributed by atoms with E-state index in [1.54, 1.807) is 12.1 Å². The monoisotopic (exact) mass is 230 g/mol. The van der Waals surface area contributed by atoms with Crippen LogP contribution < -0.4 is 0 Å². The highest BCUT2D eigenvalue weighted by Gasteiger charge is 2.02. The maximum atomic E-state index is 9.29. The first-order valence-corrected chi connectivity index (χ1v) is 4.62. The lowest BCUT2D eigenvalue weighted by Crippen LogP contribution is -1.90. The number of benzene rings is 1. The summed E-state index contributed by atoms with van der Waals surface area (Å²) in [7, 11) is 0. The predicted octanol–water partition coefficient (Wildman–Crippen LogP) is 2.08. The maximum absolute atomic E-state index is 9.29. The van der Waals surface area contributed by atoms with Crippen LogP contribution in [0.1, 0.15) is 12.0 Å². The number of hydrogen-bond acceptors (Lipinski definition) is 2. The number of aliphatic hydroxyl groups is 1. The first-order valence-electron chi connectivity index (χ1n) is 3.83. The van der Waals surface area contributed by atoms with Crippen molar-refractivity contribution in [1.29, 1.82) is 0 Å². The number of aromatic hydroxyl groups is 1. The summed E-state index contributed by atoms with van der Waals surface area (Å²) in [6, 6.07) is 5.36. The van der Waals surface area contributed by atoms with E-state index in [4.69, 9.17) is 5.11 Å². The zero-order valence-electron chi connectivity index (χ0n) is 6.63. The molecule has 0 radical (unpaired) electrons. The van der Waals surface area contributed by atoms with Gasteiger partial charge in [0, 0.05) is 6.61 Å². The van der Waals surface area contributed by atoms with E-state index in [2.05, 4.69) is 15.9 Å². The Bertz CT molecular complexity index is 261. The first-order chi connectivity index (χ1) is 5.75. The van der Waals surface area contributed by atoms with Gasteiger partial charge in [-0.3, -0.25) is 0 Å². The van der Waals surface area contributed by atoms with E-state index in [1.807, 2.05) is 6.07 Å². The second kappa shape index (κ2) is 4.48. The molecule has 2 nitrogen and oxygen atoms in total. The van der Waals surface area contributed by atoms with Gasteiger partial charge in [0.25, 0.3) is 0 Å². The van der Waals surface area contributed by atoms with Crippen molar-refractivity contribution >= 4 is 15.9 Å². The molecular weight excluding hydrogens is 220 g/mol. The minimum absolute atomic E-state index is 0.183. The van der Waals surface area contributed by atoms with Crippen LogP contribution in [0, 0.1) is 0 Å². The van der Waals surface area contributed by atoms with E-state index in [-0.39, 0.29) is 12.4 Å². The summed E-state index contributed by atoms with van der Waals surface area (Å²) in [4.78, 5) is 0. The number of aliphatic hydroxyl groups excluding tert-OH is 1. The van der Waals surface area contributed by atoms with Crippen molar-refractivity contribution in [3.63, 3.8) is 0 Å². The molecule has 0 saturated heterocycles. The summed E-state index contributed by atoms with van der Waals surface area (Å²) >= 11 is 3.28. The minimum atomic E-state index is 0.183. The van der Waals surface area contributed by atoms with Crippen molar-refractivity contribution in [1.82, 2.24) is 0 Å². The van der Waals surface area contributed by atoms with Crippen LogP contribution in [0.3, 0.4) is 0 Å². The standard InChI is InChI=1S/C9H11BrO2/c10-9-7(4-2-6-11)3-1-5-8(9)12/h1,3,5,11-12H,2,4,6H2. The van der Waals surface area contributed by atoms with Crippen LogP contribution in [0.2, 0.25) is 0 Å². The summed E-state index contributed by atoms with van der Waals surface area (Å²) < 4.78 is 0.735. The van der Waals surface area contributed by atoms with Gasteiger partial charge in [0.1, 0.15) is 5.75 Å². The van der Waals surface area contributed by atoms with Crippen molar-refractivity contribution < 1.29 is 10.2 Å². The largest absolute Gasteiger partial charge is 0.507 e. The topological polar surface area (TPSA) is 40.5 Å². The van der Waals surface area contributed by atoms with Gasteiger partial charge in [-0.1, -0.05) is 12.1 Å². The van der Waals surface area contributed by atoms with Crippen LogP contribution in [0.4, 0.5) is 0 Å². The van der Waals surface area contributed by atoms with Crippen molar-refractivity contribution in [2.75, 3.05) is 6.61 Å². The number of phenols is 1. The molecule has 1 rings (SSSR count). The molecule has 3 heteroatoms. The summed E-state index contributed by atoms with van der Waals surface area (Å²) in [5, 5.41) is 17.9. The van der Waals surface area contributed by atoms with Crippen molar-refractivity contribution in [3.8, 4) is 5.75 Å². The fraction of sp³-hybridized carbons (Fsp3) is 0.333. The van der Waals surface area contributed by atoms with E-state index in [0.29, 0.717) is 0 Å². The number of phenolic OH excluding ortho intramolecular Hbond substituents is 1. The first kappa shape index (κ1) is 9.55. The molecule has 1 aromatic carbocycles. The van der Waals surface area contributed by atoms with Gasteiger partial charge in [0.15, 0.2) is 0 Å².